The first kappa shape index (κ1) is 23.9. The van der Waals surface area contributed by atoms with Crippen molar-refractivity contribution in [1.82, 2.24) is 0 Å². The van der Waals surface area contributed by atoms with Crippen LogP contribution in [0.25, 0.3) is 0 Å². The maximum absolute atomic E-state index is 9.32. The van der Waals surface area contributed by atoms with Crippen LogP contribution in [0.1, 0.15) is 0 Å². The first-order chi connectivity index (χ1) is 3.71. The largest absolute Gasteiger partial charge is 5.00 e. The monoisotopic (exact) mass is 304 g/mol. The van der Waals surface area contributed by atoms with Crippen LogP contribution < -0.4 is 49.1 Å². The third kappa shape index (κ3) is 22.8. The van der Waals surface area contributed by atoms with Crippen LogP contribution in [0.3, 0.4) is 0 Å². The molecule has 1 radical (unpaired) electrons. The molecule has 0 saturated heterocycles. The van der Waals surface area contributed by atoms with E-state index in [2.05, 4.69) is 4.31 Å². The van der Waals surface area contributed by atoms with Crippen molar-refractivity contribution < 1.29 is 98.2 Å². The van der Waals surface area contributed by atoms with Crippen molar-refractivity contribution in [2.24, 2.45) is 0 Å². The summed E-state index contributed by atoms with van der Waals surface area (Å²) in [6.45, 7) is 0. The predicted octanol–water partition coefficient (Wildman–Crippen LogP) is -6.34. The minimum Gasteiger partial charge on any atom is -0.790 e. The van der Waals surface area contributed by atoms with Gasteiger partial charge in [-0.15, -0.1) is 0 Å². The van der Waals surface area contributed by atoms with Gasteiger partial charge < -0.3 is 33.0 Å². The maximum atomic E-state index is 9.32. The molecule has 0 rings (SSSR count). The zero-order valence-corrected chi connectivity index (χ0v) is 11.8. The van der Waals surface area contributed by atoms with Gasteiger partial charge in [-0.3, -0.25) is 0 Å². The molecule has 7 nitrogen and oxygen atoms in total. The van der Waals surface area contributed by atoms with Gasteiger partial charge in [0.1, 0.15) is 0 Å². The number of phosphoric acid groups is 2. The molecule has 0 aliphatic rings. The van der Waals surface area contributed by atoms with Crippen molar-refractivity contribution in [1.29, 1.82) is 0 Å². The van der Waals surface area contributed by atoms with E-state index >= 15 is 0 Å². The summed E-state index contributed by atoms with van der Waals surface area (Å²) in [7, 11) is -11.4. The van der Waals surface area contributed by atoms with Gasteiger partial charge in [0.05, 0.1) is 15.6 Å². The second-order valence-corrected chi connectivity index (χ2v) is 3.42. The Kier molecular flexibility index (Phi) is 17.2. The van der Waals surface area contributed by atoms with Crippen molar-refractivity contribution in [3.8, 4) is 0 Å². The summed E-state index contributed by atoms with van der Waals surface area (Å²) in [6, 6.07) is 0. The van der Waals surface area contributed by atoms with Gasteiger partial charge in [0.25, 0.3) is 0 Å². The van der Waals surface area contributed by atoms with E-state index in [-0.39, 0.29) is 65.2 Å². The molecule has 0 N–H and O–H groups in total. The van der Waals surface area contributed by atoms with E-state index in [0.717, 1.165) is 0 Å². The van der Waals surface area contributed by atoms with E-state index in [9.17, 15) is 28.7 Å². The Hall–Kier alpha value is 2.36. The molecule has 0 amide bonds. The Morgan fingerprint density at radius 2 is 1.08 bits per heavy atom. The van der Waals surface area contributed by atoms with Crippen molar-refractivity contribution in [2.45, 2.75) is 0 Å². The summed E-state index contributed by atoms with van der Waals surface area (Å²) >= 11 is 0. The van der Waals surface area contributed by atoms with Crippen molar-refractivity contribution >= 4 is 15.6 Å². The molecule has 0 aromatic rings. The molecule has 0 fully saturated rings. The molecule has 12 heteroatoms. The Labute approximate surface area is 113 Å². The molecule has 0 spiro atoms. The molecule has 0 unspecified atom stereocenters. The van der Waals surface area contributed by atoms with Gasteiger partial charge in [0, 0.05) is 0 Å². The zero-order valence-electron chi connectivity index (χ0n) is 5.55. The maximum Gasteiger partial charge on any atom is 5.00 e. The van der Waals surface area contributed by atoms with Gasteiger partial charge in [-0.05, 0) is 0 Å². The summed E-state index contributed by atoms with van der Waals surface area (Å²) in [5.41, 5.74) is 0. The van der Waals surface area contributed by atoms with Gasteiger partial charge in [-0.25, -0.2) is 0 Å². The van der Waals surface area contributed by atoms with Gasteiger partial charge in [-0.1, -0.05) is 0 Å². The van der Waals surface area contributed by atoms with Crippen molar-refractivity contribution in [2.75, 3.05) is 0 Å². The molecule has 0 aromatic heterocycles. The van der Waals surface area contributed by atoms with Crippen molar-refractivity contribution in [3.63, 3.8) is 0 Å². The van der Waals surface area contributed by atoms with E-state index in [4.69, 9.17) is 0 Å². The summed E-state index contributed by atoms with van der Waals surface area (Å²) in [5.74, 6) is 0. The van der Waals surface area contributed by atoms with Crippen LogP contribution in [-0.2, 0) is 49.1 Å². The van der Waals surface area contributed by atoms with E-state index in [1.54, 1.807) is 0 Å². The fourth-order valence-corrected chi connectivity index (χ4v) is 1.10. The second kappa shape index (κ2) is 8.65. The van der Waals surface area contributed by atoms with E-state index < -0.39 is 15.6 Å². The third-order valence-corrected chi connectivity index (χ3v) is 1.80. The van der Waals surface area contributed by atoms with Gasteiger partial charge in [-0.2, -0.15) is 0 Å². The average Bonchev–Trinajstić information content (AvgIpc) is 1.14. The summed E-state index contributed by atoms with van der Waals surface area (Å²) in [5, 5.41) is 0. The summed E-state index contributed by atoms with van der Waals surface area (Å²) < 4.78 is 21.2. The molecule has 0 saturated carbocycles. The molecule has 0 aliphatic carbocycles. The van der Waals surface area contributed by atoms with Crippen LogP contribution in [0.15, 0.2) is 0 Å². The standard InChI is InChI=1S/Fe.Na.H4O7P2.V/c;;1-8(2,3)7-9(4,5)6;/h;;(H2,1,2,3)(H2,4,5,6);/q+3;+1;;+5/p-4. The van der Waals surface area contributed by atoms with E-state index in [1.165, 1.54) is 0 Å². The van der Waals surface area contributed by atoms with Gasteiger partial charge in [0.2, 0.25) is 0 Å². The van der Waals surface area contributed by atoms with Gasteiger partial charge >= 0.3 is 65.2 Å². The molecule has 0 atom stereocenters. The smallest absolute Gasteiger partial charge is 0.790 e. The van der Waals surface area contributed by atoms with Crippen LogP contribution in [0, 0.1) is 0 Å². The first-order valence-electron chi connectivity index (χ1n) is 1.46. The predicted molar refractivity (Wildman–Crippen MR) is 16.3 cm³/mol. The minimum atomic E-state index is -5.68. The molecular formula is FeNaO7P2V+5. The van der Waals surface area contributed by atoms with Crippen LogP contribution in [0.2, 0.25) is 0 Å². The van der Waals surface area contributed by atoms with E-state index in [0.29, 0.717) is 0 Å². The topological polar surface area (TPSA) is 136 Å². The Balaban J connectivity index is -0.000000107. The normalized spacial score (nSPS) is 10.3. The van der Waals surface area contributed by atoms with Crippen LogP contribution in [0.4, 0.5) is 0 Å². The van der Waals surface area contributed by atoms with Crippen LogP contribution in [-0.4, -0.2) is 0 Å². The summed E-state index contributed by atoms with van der Waals surface area (Å²) in [4.78, 5) is 37.3. The summed E-state index contributed by atoms with van der Waals surface area (Å²) in [6.07, 6.45) is 0. The molecular weight excluding hydrogens is 304 g/mol. The Morgan fingerprint density at radius 1 is 0.917 bits per heavy atom. The first-order valence-corrected chi connectivity index (χ1v) is 4.38. The van der Waals surface area contributed by atoms with Gasteiger partial charge in [0.15, 0.2) is 0 Å². The molecule has 0 aliphatic heterocycles. The second-order valence-electron chi connectivity index (χ2n) is 0.976. The Bertz CT molecular complexity index is 162. The van der Waals surface area contributed by atoms with Crippen LogP contribution in [0.5, 0.6) is 0 Å². The number of rotatable bonds is 2. The number of hydrogen-bond donors (Lipinski definition) is 0. The fraction of sp³-hybridized carbons (Fsp3) is 0. The zero-order chi connectivity index (χ0) is 7.71. The van der Waals surface area contributed by atoms with Crippen LogP contribution >= 0.6 is 15.6 Å². The molecule has 12 heavy (non-hydrogen) atoms. The third-order valence-electron chi connectivity index (χ3n) is 0.200. The molecule has 0 aromatic carbocycles. The molecule has 0 bridgehead atoms. The molecule has 0 heterocycles. The molecule has 61 valence electrons. The van der Waals surface area contributed by atoms with E-state index in [1.807, 2.05) is 0 Å². The SMILES string of the molecule is O=P([O-])([O-])OP(=O)([O-])[O-].[Fe+3].[Na+].[V+5]. The fourth-order valence-electron chi connectivity index (χ4n) is 0.122. The minimum absolute atomic E-state index is 0. The number of hydrogen-bond acceptors (Lipinski definition) is 7. The van der Waals surface area contributed by atoms with Crippen molar-refractivity contribution in [3.05, 3.63) is 0 Å². The quantitative estimate of drug-likeness (QED) is 0.365. The average molecular weight is 304 g/mol. The Morgan fingerprint density at radius 3 is 1.08 bits per heavy atom.